The molecule has 1 atom stereocenters. The molecule has 0 radical (unpaired) electrons. The van der Waals surface area contributed by atoms with Gasteiger partial charge in [0, 0.05) is 11.6 Å². The van der Waals surface area contributed by atoms with Gasteiger partial charge in [0.1, 0.15) is 17.7 Å². The summed E-state index contributed by atoms with van der Waals surface area (Å²) < 4.78 is 59.3. The third kappa shape index (κ3) is 3.70. The minimum absolute atomic E-state index is 0.215. The van der Waals surface area contributed by atoms with E-state index in [2.05, 4.69) is 4.74 Å². The molecule has 19 heavy (non-hydrogen) atoms. The van der Waals surface area contributed by atoms with E-state index in [-0.39, 0.29) is 12.2 Å². The Balaban J connectivity index is 2.00. The Bertz CT molecular complexity index is 474. The SMILES string of the molecule is Fc1ccc(C2=CO[C@@H](COC(F)F)CC2)c(F)c1. The summed E-state index contributed by atoms with van der Waals surface area (Å²) in [5.74, 6) is -1.32. The van der Waals surface area contributed by atoms with Crippen molar-refractivity contribution < 1.29 is 27.0 Å². The summed E-state index contributed by atoms with van der Waals surface area (Å²) in [6, 6.07) is 3.28. The number of ether oxygens (including phenoxy) is 2. The molecule has 1 aliphatic rings. The molecule has 0 bridgehead atoms. The van der Waals surface area contributed by atoms with E-state index in [1.807, 2.05) is 0 Å². The van der Waals surface area contributed by atoms with Crippen LogP contribution in [0.1, 0.15) is 18.4 Å². The lowest BCUT2D eigenvalue weighted by atomic mass is 9.98. The molecular formula is C13H12F4O2. The van der Waals surface area contributed by atoms with Gasteiger partial charge in [0.2, 0.25) is 0 Å². The fourth-order valence-corrected chi connectivity index (χ4v) is 1.87. The molecule has 0 aromatic heterocycles. The molecule has 2 rings (SSSR count). The third-order valence-electron chi connectivity index (χ3n) is 2.82. The van der Waals surface area contributed by atoms with E-state index in [0.717, 1.165) is 12.1 Å². The van der Waals surface area contributed by atoms with Gasteiger partial charge in [-0.1, -0.05) is 0 Å². The molecule has 2 nitrogen and oxygen atoms in total. The lowest BCUT2D eigenvalue weighted by Gasteiger charge is -2.23. The van der Waals surface area contributed by atoms with Crippen LogP contribution in [0.2, 0.25) is 0 Å². The third-order valence-corrected chi connectivity index (χ3v) is 2.82. The maximum Gasteiger partial charge on any atom is 0.345 e. The predicted molar refractivity (Wildman–Crippen MR) is 60.4 cm³/mol. The maximum atomic E-state index is 13.5. The minimum Gasteiger partial charge on any atom is -0.495 e. The molecule has 0 fully saturated rings. The lowest BCUT2D eigenvalue weighted by Crippen LogP contribution is -2.22. The van der Waals surface area contributed by atoms with Crippen LogP contribution in [0.4, 0.5) is 17.6 Å². The van der Waals surface area contributed by atoms with Crippen LogP contribution in [0.5, 0.6) is 0 Å². The van der Waals surface area contributed by atoms with Crippen LogP contribution in [-0.2, 0) is 9.47 Å². The standard InChI is InChI=1S/C13H12F4O2/c14-9-2-4-11(12(15)5-9)8-1-3-10(18-6-8)7-19-13(16)17/h2,4-6,10,13H,1,3,7H2/t10-/m1/s1. The summed E-state index contributed by atoms with van der Waals surface area (Å²) in [6.07, 6.45) is 1.75. The van der Waals surface area contributed by atoms with Crippen LogP contribution in [0, 0.1) is 11.6 Å². The summed E-state index contributed by atoms with van der Waals surface area (Å²) in [4.78, 5) is 0. The van der Waals surface area contributed by atoms with Crippen molar-refractivity contribution in [2.45, 2.75) is 25.6 Å². The van der Waals surface area contributed by atoms with Crippen molar-refractivity contribution in [3.8, 4) is 0 Å². The molecule has 0 saturated carbocycles. The van der Waals surface area contributed by atoms with E-state index in [1.165, 1.54) is 12.3 Å². The second-order valence-corrected chi connectivity index (χ2v) is 4.16. The van der Waals surface area contributed by atoms with Gasteiger partial charge in [0.25, 0.3) is 0 Å². The van der Waals surface area contributed by atoms with Crippen molar-refractivity contribution in [3.05, 3.63) is 41.7 Å². The van der Waals surface area contributed by atoms with Crippen LogP contribution in [0.3, 0.4) is 0 Å². The molecule has 104 valence electrons. The monoisotopic (exact) mass is 276 g/mol. The topological polar surface area (TPSA) is 18.5 Å². The second-order valence-electron chi connectivity index (χ2n) is 4.16. The maximum absolute atomic E-state index is 13.5. The van der Waals surface area contributed by atoms with Crippen LogP contribution in [-0.4, -0.2) is 19.3 Å². The summed E-state index contributed by atoms with van der Waals surface area (Å²) in [5, 5.41) is 0. The molecule has 1 aromatic rings. The number of hydrogen-bond donors (Lipinski definition) is 0. The van der Waals surface area contributed by atoms with Crippen molar-refractivity contribution in [2.24, 2.45) is 0 Å². The highest BCUT2D eigenvalue weighted by Gasteiger charge is 2.20. The van der Waals surface area contributed by atoms with Gasteiger partial charge in [0.15, 0.2) is 0 Å². The molecule has 1 heterocycles. The molecule has 0 aliphatic carbocycles. The van der Waals surface area contributed by atoms with Crippen molar-refractivity contribution in [1.82, 2.24) is 0 Å². The zero-order valence-electron chi connectivity index (χ0n) is 9.91. The van der Waals surface area contributed by atoms with Crippen molar-refractivity contribution in [3.63, 3.8) is 0 Å². The molecule has 6 heteroatoms. The first kappa shape index (κ1) is 13.9. The molecule has 0 unspecified atom stereocenters. The number of allylic oxidation sites excluding steroid dienone is 1. The predicted octanol–water partition coefficient (Wildman–Crippen LogP) is 3.72. The highest BCUT2D eigenvalue weighted by molar-refractivity contribution is 5.65. The van der Waals surface area contributed by atoms with E-state index < -0.39 is 24.3 Å². The highest BCUT2D eigenvalue weighted by atomic mass is 19.3. The Morgan fingerprint density at radius 2 is 2.11 bits per heavy atom. The summed E-state index contributed by atoms with van der Waals surface area (Å²) in [7, 11) is 0. The fourth-order valence-electron chi connectivity index (χ4n) is 1.87. The molecular weight excluding hydrogens is 264 g/mol. The van der Waals surface area contributed by atoms with E-state index in [9.17, 15) is 17.6 Å². The number of rotatable bonds is 4. The Labute approximate surface area is 107 Å². The number of halogens is 4. The average molecular weight is 276 g/mol. The molecule has 0 amide bonds. The lowest BCUT2D eigenvalue weighted by molar-refractivity contribution is -0.149. The number of hydrogen-bond acceptors (Lipinski definition) is 2. The number of alkyl halides is 2. The van der Waals surface area contributed by atoms with Crippen LogP contribution >= 0.6 is 0 Å². The van der Waals surface area contributed by atoms with Gasteiger partial charge >= 0.3 is 6.61 Å². The van der Waals surface area contributed by atoms with Gasteiger partial charge < -0.3 is 9.47 Å². The quantitative estimate of drug-likeness (QED) is 0.780. The van der Waals surface area contributed by atoms with Gasteiger partial charge in [-0.2, -0.15) is 8.78 Å². The number of benzene rings is 1. The minimum atomic E-state index is -2.83. The van der Waals surface area contributed by atoms with E-state index in [4.69, 9.17) is 4.74 Å². The van der Waals surface area contributed by atoms with Crippen molar-refractivity contribution >= 4 is 5.57 Å². The van der Waals surface area contributed by atoms with Gasteiger partial charge in [-0.05, 0) is 30.5 Å². The molecule has 0 spiro atoms. The van der Waals surface area contributed by atoms with E-state index in [1.54, 1.807) is 0 Å². The van der Waals surface area contributed by atoms with E-state index >= 15 is 0 Å². The van der Waals surface area contributed by atoms with E-state index in [0.29, 0.717) is 18.4 Å². The van der Waals surface area contributed by atoms with Crippen LogP contribution in [0.25, 0.3) is 5.57 Å². The summed E-state index contributed by atoms with van der Waals surface area (Å²) >= 11 is 0. The Morgan fingerprint density at radius 1 is 1.32 bits per heavy atom. The van der Waals surface area contributed by atoms with Gasteiger partial charge in [-0.25, -0.2) is 8.78 Å². The largest absolute Gasteiger partial charge is 0.495 e. The first-order valence-electron chi connectivity index (χ1n) is 5.76. The van der Waals surface area contributed by atoms with Crippen LogP contribution in [0.15, 0.2) is 24.5 Å². The van der Waals surface area contributed by atoms with Gasteiger partial charge in [-0.15, -0.1) is 0 Å². The van der Waals surface area contributed by atoms with Gasteiger partial charge in [-0.3, -0.25) is 0 Å². The second kappa shape index (κ2) is 6.06. The summed E-state index contributed by atoms with van der Waals surface area (Å²) in [5.41, 5.74) is 0.834. The highest BCUT2D eigenvalue weighted by Crippen LogP contribution is 2.28. The Kier molecular flexibility index (Phi) is 4.42. The normalized spacial score (nSPS) is 19.2. The molecule has 1 aromatic carbocycles. The fraction of sp³-hybridized carbons (Fsp3) is 0.385. The van der Waals surface area contributed by atoms with Crippen molar-refractivity contribution in [1.29, 1.82) is 0 Å². The first-order chi connectivity index (χ1) is 9.06. The summed E-state index contributed by atoms with van der Waals surface area (Å²) in [6.45, 7) is -3.05. The first-order valence-corrected chi connectivity index (χ1v) is 5.76. The Hall–Kier alpha value is -1.56. The zero-order chi connectivity index (χ0) is 13.8. The van der Waals surface area contributed by atoms with Crippen LogP contribution < -0.4 is 0 Å². The Morgan fingerprint density at radius 3 is 2.68 bits per heavy atom. The van der Waals surface area contributed by atoms with Crippen molar-refractivity contribution in [2.75, 3.05) is 6.61 Å². The molecule has 1 aliphatic heterocycles. The molecule has 0 N–H and O–H groups in total. The van der Waals surface area contributed by atoms with Gasteiger partial charge in [0.05, 0.1) is 12.9 Å². The molecule has 0 saturated heterocycles. The zero-order valence-corrected chi connectivity index (χ0v) is 9.91. The average Bonchev–Trinajstić information content (AvgIpc) is 2.37. The smallest absolute Gasteiger partial charge is 0.345 e.